The molecule has 3 rings (SSSR count). The van der Waals surface area contributed by atoms with Crippen LogP contribution < -0.4 is 5.32 Å². The number of nitrogens with zero attached hydrogens (tertiary/aromatic N) is 4. The molecular formula is C13H11Cl2N5O2S2. The maximum Gasteiger partial charge on any atom is 0.413 e. The number of amides is 1. The van der Waals surface area contributed by atoms with Crippen molar-refractivity contribution in [2.75, 3.05) is 11.9 Å². The molecule has 0 aliphatic rings. The Hall–Kier alpha value is -1.55. The highest BCUT2D eigenvalue weighted by atomic mass is 35.5. The van der Waals surface area contributed by atoms with Crippen molar-refractivity contribution < 1.29 is 9.53 Å². The van der Waals surface area contributed by atoms with Gasteiger partial charge >= 0.3 is 6.09 Å². The Kier molecular flexibility index (Phi) is 5.44. The van der Waals surface area contributed by atoms with Gasteiger partial charge in [-0.2, -0.15) is 0 Å². The van der Waals surface area contributed by atoms with E-state index in [0.717, 1.165) is 5.69 Å². The summed E-state index contributed by atoms with van der Waals surface area (Å²) in [5.74, 6) is 0.587. The molecule has 0 radical (unpaired) electrons. The highest BCUT2D eigenvalue weighted by Gasteiger charge is 2.11. The van der Waals surface area contributed by atoms with Crippen molar-refractivity contribution in [3.63, 3.8) is 0 Å². The summed E-state index contributed by atoms with van der Waals surface area (Å²) in [6.07, 6.45) is 3.06. The minimum Gasteiger partial charge on any atom is -0.450 e. The van der Waals surface area contributed by atoms with Gasteiger partial charge < -0.3 is 9.14 Å². The van der Waals surface area contributed by atoms with Gasteiger partial charge in [-0.25, -0.2) is 9.78 Å². The first-order valence-electron chi connectivity index (χ1n) is 6.78. The molecule has 0 saturated carbocycles. The zero-order chi connectivity index (χ0) is 17.1. The zero-order valence-electron chi connectivity index (χ0n) is 12.3. The number of nitrogens with one attached hydrogen (secondary N) is 1. The smallest absolute Gasteiger partial charge is 0.413 e. The van der Waals surface area contributed by atoms with Crippen LogP contribution in [0, 0.1) is 0 Å². The number of carbonyl (C=O) groups excluding carboxylic acids is 1. The molecule has 0 saturated heterocycles. The highest BCUT2D eigenvalue weighted by molar-refractivity contribution is 8.00. The maximum atomic E-state index is 11.3. The Morgan fingerprint density at radius 2 is 2.25 bits per heavy atom. The van der Waals surface area contributed by atoms with E-state index in [4.69, 9.17) is 27.9 Å². The van der Waals surface area contributed by atoms with Crippen LogP contribution in [0.1, 0.15) is 12.6 Å². The molecule has 0 aliphatic heterocycles. The van der Waals surface area contributed by atoms with Crippen molar-refractivity contribution in [3.05, 3.63) is 34.2 Å². The van der Waals surface area contributed by atoms with Gasteiger partial charge in [-0.05, 0) is 13.0 Å². The van der Waals surface area contributed by atoms with Crippen molar-refractivity contribution >= 4 is 63.2 Å². The molecule has 0 aliphatic carbocycles. The van der Waals surface area contributed by atoms with Crippen LogP contribution in [0.25, 0.3) is 5.65 Å². The normalized spacial score (nSPS) is 11.0. The molecule has 11 heteroatoms. The quantitative estimate of drug-likeness (QED) is 0.503. The Bertz CT molecular complexity index is 882. The van der Waals surface area contributed by atoms with Crippen molar-refractivity contribution in [2.45, 2.75) is 17.0 Å². The van der Waals surface area contributed by atoms with E-state index in [1.807, 2.05) is 6.20 Å². The topological polar surface area (TPSA) is 81.4 Å². The van der Waals surface area contributed by atoms with Gasteiger partial charge in [0.2, 0.25) is 5.13 Å². The summed E-state index contributed by atoms with van der Waals surface area (Å²) >= 11 is 14.8. The number of hydrogen-bond donors (Lipinski definition) is 1. The van der Waals surface area contributed by atoms with E-state index in [0.29, 0.717) is 37.5 Å². The number of imidazole rings is 1. The lowest BCUT2D eigenvalue weighted by molar-refractivity contribution is 0.168. The minimum atomic E-state index is -0.544. The molecule has 3 aromatic rings. The average Bonchev–Trinajstić information content (AvgIpc) is 3.12. The van der Waals surface area contributed by atoms with Gasteiger partial charge in [0.05, 0.1) is 22.3 Å². The maximum absolute atomic E-state index is 11.3. The largest absolute Gasteiger partial charge is 0.450 e. The van der Waals surface area contributed by atoms with Gasteiger partial charge in [0.15, 0.2) is 9.99 Å². The first-order chi connectivity index (χ1) is 11.5. The predicted molar refractivity (Wildman–Crippen MR) is 95.3 cm³/mol. The number of thioether (sulfide) groups is 1. The second-order valence-corrected chi connectivity index (χ2v) is 7.52. The SMILES string of the molecule is CCOC(=O)Nc1nnc(SCc2cn3cc(Cl)cc(Cl)c3n2)s1. The van der Waals surface area contributed by atoms with Crippen molar-refractivity contribution in [1.29, 1.82) is 0 Å². The van der Waals surface area contributed by atoms with Gasteiger partial charge in [-0.15, -0.1) is 10.2 Å². The lowest BCUT2D eigenvalue weighted by atomic mass is 10.5. The van der Waals surface area contributed by atoms with Crippen LogP contribution in [0.15, 0.2) is 22.8 Å². The molecule has 3 aromatic heterocycles. The van der Waals surface area contributed by atoms with E-state index in [1.54, 1.807) is 23.6 Å². The van der Waals surface area contributed by atoms with Crippen molar-refractivity contribution in [2.24, 2.45) is 0 Å². The number of rotatable bonds is 5. The molecule has 126 valence electrons. The first-order valence-corrected chi connectivity index (χ1v) is 9.33. The summed E-state index contributed by atoms with van der Waals surface area (Å²) in [6.45, 7) is 2.03. The summed E-state index contributed by atoms with van der Waals surface area (Å²) in [5.41, 5.74) is 1.48. The molecule has 3 heterocycles. The van der Waals surface area contributed by atoms with E-state index in [9.17, 15) is 4.79 Å². The third-order valence-electron chi connectivity index (χ3n) is 2.76. The van der Waals surface area contributed by atoms with Crippen LogP contribution in [-0.2, 0) is 10.5 Å². The number of ether oxygens (including phenoxy) is 1. The van der Waals surface area contributed by atoms with Crippen LogP contribution in [-0.4, -0.2) is 32.3 Å². The molecule has 1 amide bonds. The van der Waals surface area contributed by atoms with E-state index in [-0.39, 0.29) is 0 Å². The molecule has 24 heavy (non-hydrogen) atoms. The van der Waals surface area contributed by atoms with E-state index < -0.39 is 6.09 Å². The molecule has 1 N–H and O–H groups in total. The first kappa shape index (κ1) is 17.3. The van der Waals surface area contributed by atoms with E-state index in [2.05, 4.69) is 20.5 Å². The lowest BCUT2D eigenvalue weighted by Gasteiger charge is -1.99. The van der Waals surface area contributed by atoms with Crippen LogP contribution in [0.3, 0.4) is 0 Å². The Morgan fingerprint density at radius 3 is 3.04 bits per heavy atom. The molecule has 0 atom stereocenters. The summed E-state index contributed by atoms with van der Waals surface area (Å²) < 4.78 is 7.28. The van der Waals surface area contributed by atoms with E-state index >= 15 is 0 Å². The summed E-state index contributed by atoms with van der Waals surface area (Å²) in [7, 11) is 0. The van der Waals surface area contributed by atoms with Gasteiger partial charge in [0, 0.05) is 18.1 Å². The summed E-state index contributed by atoms with van der Waals surface area (Å²) in [6, 6.07) is 1.65. The molecule has 0 aromatic carbocycles. The second kappa shape index (κ2) is 7.56. The molecule has 0 unspecified atom stereocenters. The van der Waals surface area contributed by atoms with Crippen molar-refractivity contribution in [1.82, 2.24) is 19.6 Å². The molecule has 0 fully saturated rings. The minimum absolute atomic E-state index is 0.298. The number of carbonyl (C=O) groups is 1. The Balaban J connectivity index is 1.65. The monoisotopic (exact) mass is 403 g/mol. The van der Waals surface area contributed by atoms with Gasteiger partial charge in [0.25, 0.3) is 0 Å². The summed E-state index contributed by atoms with van der Waals surface area (Å²) in [4.78, 5) is 15.8. The second-order valence-electron chi connectivity index (χ2n) is 4.48. The fourth-order valence-corrected chi connectivity index (χ4v) is 4.00. The number of hydrogen-bond acceptors (Lipinski definition) is 7. The number of aromatic nitrogens is 4. The lowest BCUT2D eigenvalue weighted by Crippen LogP contribution is -2.12. The summed E-state index contributed by atoms with van der Waals surface area (Å²) in [5, 5.41) is 11.8. The number of fused-ring (bicyclic) bond motifs is 1. The van der Waals surface area contributed by atoms with Gasteiger partial charge in [-0.3, -0.25) is 5.32 Å². The number of pyridine rings is 1. The number of halogens is 2. The highest BCUT2D eigenvalue weighted by Crippen LogP contribution is 2.29. The zero-order valence-corrected chi connectivity index (χ0v) is 15.5. The van der Waals surface area contributed by atoms with Crippen LogP contribution in [0.4, 0.5) is 9.93 Å². The van der Waals surface area contributed by atoms with Gasteiger partial charge in [-0.1, -0.05) is 46.3 Å². The molecule has 7 nitrogen and oxygen atoms in total. The van der Waals surface area contributed by atoms with Gasteiger partial charge in [0.1, 0.15) is 0 Å². The van der Waals surface area contributed by atoms with Crippen LogP contribution in [0.2, 0.25) is 10.0 Å². The number of anilines is 1. The average molecular weight is 404 g/mol. The predicted octanol–water partition coefficient (Wildman–Crippen LogP) is 4.35. The Morgan fingerprint density at radius 1 is 1.42 bits per heavy atom. The fraction of sp³-hybridized carbons (Fsp3) is 0.231. The standard InChI is InChI=1S/C13H11Cl2N5O2S2/c1-2-22-12(21)17-11-18-19-13(24-11)23-6-8-5-20-4-7(14)3-9(15)10(20)16-8/h3-5H,2,6H2,1H3,(H,17,18,21). The van der Waals surface area contributed by atoms with Crippen molar-refractivity contribution in [3.8, 4) is 0 Å². The third-order valence-corrected chi connectivity index (χ3v) is 5.25. The Labute approximate surface area is 155 Å². The van der Waals surface area contributed by atoms with E-state index in [1.165, 1.54) is 23.1 Å². The molecule has 0 bridgehead atoms. The van der Waals surface area contributed by atoms with Crippen LogP contribution in [0.5, 0.6) is 0 Å². The third kappa shape index (κ3) is 4.10. The fourth-order valence-electron chi connectivity index (χ4n) is 1.85. The molecule has 0 spiro atoms. The molecular weight excluding hydrogens is 393 g/mol. The van der Waals surface area contributed by atoms with Crippen LogP contribution >= 0.6 is 46.3 Å².